The van der Waals surface area contributed by atoms with Gasteiger partial charge in [-0.1, -0.05) is 19.1 Å². The summed E-state index contributed by atoms with van der Waals surface area (Å²) < 4.78 is 44.7. The van der Waals surface area contributed by atoms with E-state index in [-0.39, 0.29) is 12.3 Å². The van der Waals surface area contributed by atoms with Crippen LogP contribution in [0.15, 0.2) is 29.2 Å². The second kappa shape index (κ2) is 6.25. The Labute approximate surface area is 104 Å². The first-order valence-electron chi connectivity index (χ1n) is 5.12. The topological polar surface area (TPSA) is 83.5 Å². The number of sulfonamides is 1. The van der Waals surface area contributed by atoms with E-state index in [4.69, 9.17) is 4.55 Å². The van der Waals surface area contributed by atoms with E-state index in [0.29, 0.717) is 11.3 Å². The SMILES string of the molecule is CCCS(=O)(=O)NCc1ccc(S(=O)O)cc1. The molecule has 0 heterocycles. The van der Waals surface area contributed by atoms with Gasteiger partial charge in [-0.3, -0.25) is 0 Å². The minimum Gasteiger partial charge on any atom is -0.302 e. The largest absolute Gasteiger partial charge is 0.302 e. The fourth-order valence-electron chi connectivity index (χ4n) is 1.26. The lowest BCUT2D eigenvalue weighted by atomic mass is 10.2. The van der Waals surface area contributed by atoms with Crippen molar-refractivity contribution in [1.82, 2.24) is 4.72 Å². The Bertz CT molecular complexity index is 482. The zero-order chi connectivity index (χ0) is 12.9. The Morgan fingerprint density at radius 2 is 1.88 bits per heavy atom. The summed E-state index contributed by atoms with van der Waals surface area (Å²) >= 11 is -2.00. The predicted octanol–water partition coefficient (Wildman–Crippen LogP) is 1.10. The molecule has 17 heavy (non-hydrogen) atoms. The minimum atomic E-state index is -3.22. The first-order valence-corrected chi connectivity index (χ1v) is 7.87. The molecule has 0 saturated heterocycles. The fourth-order valence-corrected chi connectivity index (χ4v) is 2.70. The van der Waals surface area contributed by atoms with Gasteiger partial charge in [0.15, 0.2) is 11.1 Å². The Morgan fingerprint density at radius 3 is 2.35 bits per heavy atom. The lowest BCUT2D eigenvalue weighted by Gasteiger charge is -2.05. The van der Waals surface area contributed by atoms with Crippen molar-refractivity contribution in [2.75, 3.05) is 5.75 Å². The van der Waals surface area contributed by atoms with Gasteiger partial charge >= 0.3 is 0 Å². The van der Waals surface area contributed by atoms with Crippen molar-refractivity contribution in [3.05, 3.63) is 29.8 Å². The summed E-state index contributed by atoms with van der Waals surface area (Å²) in [4.78, 5) is 0.296. The molecule has 2 N–H and O–H groups in total. The van der Waals surface area contributed by atoms with Crippen LogP contribution in [-0.2, 0) is 27.6 Å². The van der Waals surface area contributed by atoms with Gasteiger partial charge in [0.25, 0.3) is 0 Å². The van der Waals surface area contributed by atoms with Crippen LogP contribution in [0.5, 0.6) is 0 Å². The zero-order valence-electron chi connectivity index (χ0n) is 9.42. The molecule has 0 bridgehead atoms. The number of rotatable bonds is 6. The van der Waals surface area contributed by atoms with Crippen molar-refractivity contribution in [2.24, 2.45) is 0 Å². The molecule has 0 aliphatic heterocycles. The number of benzene rings is 1. The van der Waals surface area contributed by atoms with Crippen LogP contribution in [0.1, 0.15) is 18.9 Å². The highest BCUT2D eigenvalue weighted by Gasteiger charge is 2.08. The lowest BCUT2D eigenvalue weighted by molar-refractivity contribution is 0.564. The van der Waals surface area contributed by atoms with E-state index in [1.807, 2.05) is 0 Å². The second-order valence-corrected chi connectivity index (χ2v) is 6.43. The first kappa shape index (κ1) is 14.3. The van der Waals surface area contributed by atoms with Crippen LogP contribution in [0, 0.1) is 0 Å². The lowest BCUT2D eigenvalue weighted by Crippen LogP contribution is -2.25. The number of hydrogen-bond acceptors (Lipinski definition) is 3. The van der Waals surface area contributed by atoms with E-state index < -0.39 is 21.1 Å². The summed E-state index contributed by atoms with van der Waals surface area (Å²) in [6.07, 6.45) is 0.567. The molecule has 1 aromatic rings. The third-order valence-corrected chi connectivity index (χ3v) is 4.30. The van der Waals surface area contributed by atoms with E-state index in [9.17, 15) is 12.6 Å². The fraction of sp³-hybridized carbons (Fsp3) is 0.400. The van der Waals surface area contributed by atoms with E-state index in [1.165, 1.54) is 12.1 Å². The molecule has 0 aromatic heterocycles. The molecule has 0 radical (unpaired) electrons. The highest BCUT2D eigenvalue weighted by Crippen LogP contribution is 2.07. The standard InChI is InChI=1S/C10H15NO4S2/c1-2-7-17(14,15)11-8-9-3-5-10(6-4-9)16(12)13/h3-6,11H,2,7-8H2,1H3,(H,12,13). The van der Waals surface area contributed by atoms with Crippen LogP contribution < -0.4 is 4.72 Å². The number of hydrogen-bond donors (Lipinski definition) is 2. The molecule has 1 atom stereocenters. The second-order valence-electron chi connectivity index (χ2n) is 3.53. The van der Waals surface area contributed by atoms with Crippen molar-refractivity contribution in [1.29, 1.82) is 0 Å². The average Bonchev–Trinajstić information content (AvgIpc) is 2.27. The molecule has 0 spiro atoms. The molecule has 0 saturated carbocycles. The summed E-state index contributed by atoms with van der Waals surface area (Å²) in [5, 5.41) is 0. The molecular weight excluding hydrogens is 262 g/mol. The van der Waals surface area contributed by atoms with Crippen LogP contribution in [0.3, 0.4) is 0 Å². The maximum atomic E-state index is 11.4. The van der Waals surface area contributed by atoms with Crippen LogP contribution in [0.2, 0.25) is 0 Å². The van der Waals surface area contributed by atoms with Gasteiger partial charge in [-0.05, 0) is 24.1 Å². The van der Waals surface area contributed by atoms with Crippen molar-refractivity contribution in [2.45, 2.75) is 24.8 Å². The highest BCUT2D eigenvalue weighted by molar-refractivity contribution is 7.89. The van der Waals surface area contributed by atoms with Crippen LogP contribution in [0.25, 0.3) is 0 Å². The molecule has 1 aromatic carbocycles. The van der Waals surface area contributed by atoms with Gasteiger partial charge in [-0.25, -0.2) is 17.3 Å². The van der Waals surface area contributed by atoms with Gasteiger partial charge in [-0.15, -0.1) is 0 Å². The summed E-state index contributed by atoms with van der Waals surface area (Å²) in [6.45, 7) is 1.99. The summed E-state index contributed by atoms with van der Waals surface area (Å²) in [5.41, 5.74) is 0.749. The molecule has 0 amide bonds. The van der Waals surface area contributed by atoms with Crippen molar-refractivity contribution in [3.8, 4) is 0 Å². The minimum absolute atomic E-state index is 0.103. The maximum Gasteiger partial charge on any atom is 0.211 e. The van der Waals surface area contributed by atoms with Crippen molar-refractivity contribution < 1.29 is 17.2 Å². The highest BCUT2D eigenvalue weighted by atomic mass is 32.2. The predicted molar refractivity (Wildman–Crippen MR) is 66.4 cm³/mol. The number of nitrogens with one attached hydrogen (secondary N) is 1. The Hall–Kier alpha value is -0.760. The van der Waals surface area contributed by atoms with Gasteiger partial charge in [0.05, 0.1) is 10.6 Å². The van der Waals surface area contributed by atoms with E-state index in [1.54, 1.807) is 19.1 Å². The molecule has 96 valence electrons. The van der Waals surface area contributed by atoms with E-state index >= 15 is 0 Å². The molecule has 1 unspecified atom stereocenters. The quantitative estimate of drug-likeness (QED) is 0.763. The van der Waals surface area contributed by atoms with Gasteiger partial charge < -0.3 is 4.55 Å². The van der Waals surface area contributed by atoms with Gasteiger partial charge in [-0.2, -0.15) is 0 Å². The summed E-state index contributed by atoms with van der Waals surface area (Å²) in [6, 6.07) is 6.25. The van der Waals surface area contributed by atoms with Crippen LogP contribution in [-0.4, -0.2) is 22.9 Å². The normalized spacial score (nSPS) is 13.5. The van der Waals surface area contributed by atoms with Gasteiger partial charge in [0.2, 0.25) is 10.0 Å². The van der Waals surface area contributed by atoms with Crippen molar-refractivity contribution in [3.63, 3.8) is 0 Å². The Morgan fingerprint density at radius 1 is 1.29 bits per heavy atom. The first-order chi connectivity index (χ1) is 7.94. The summed E-state index contributed by atoms with van der Waals surface area (Å²) in [5.74, 6) is 0.103. The molecule has 5 nitrogen and oxygen atoms in total. The summed E-state index contributed by atoms with van der Waals surface area (Å²) in [7, 11) is -3.22. The molecule has 0 aliphatic carbocycles. The van der Waals surface area contributed by atoms with Crippen LogP contribution >= 0.6 is 0 Å². The Balaban J connectivity index is 2.62. The molecule has 7 heteroatoms. The Kier molecular flexibility index (Phi) is 5.26. The average molecular weight is 277 g/mol. The zero-order valence-corrected chi connectivity index (χ0v) is 11.1. The van der Waals surface area contributed by atoms with E-state index in [2.05, 4.69) is 4.72 Å². The van der Waals surface area contributed by atoms with Gasteiger partial charge in [0, 0.05) is 6.54 Å². The van der Waals surface area contributed by atoms with Crippen molar-refractivity contribution >= 4 is 21.1 Å². The van der Waals surface area contributed by atoms with Crippen LogP contribution in [0.4, 0.5) is 0 Å². The molecule has 0 fully saturated rings. The molecule has 0 aliphatic rings. The smallest absolute Gasteiger partial charge is 0.211 e. The third kappa shape index (κ3) is 4.95. The molecular formula is C10H15NO4S2. The third-order valence-electron chi connectivity index (χ3n) is 2.09. The van der Waals surface area contributed by atoms with E-state index in [0.717, 1.165) is 5.56 Å². The van der Waals surface area contributed by atoms with Gasteiger partial charge in [0.1, 0.15) is 0 Å². The molecule has 1 rings (SSSR count). The monoisotopic (exact) mass is 277 g/mol. The maximum absolute atomic E-state index is 11.4.